The Labute approximate surface area is 87.0 Å². The standard InChI is InChI=1S/C14H17/c1-2-4-6-8-10-12-14-13-11-9-7-5-3-1/h1-4,7,9-10,12,14H,5-6,8,11H2. The van der Waals surface area contributed by atoms with Crippen LogP contribution in [0.1, 0.15) is 25.7 Å². The molecule has 0 nitrogen and oxygen atoms in total. The Balaban J connectivity index is 2.45. The van der Waals surface area contributed by atoms with Crippen molar-refractivity contribution in [3.8, 4) is 0 Å². The van der Waals surface area contributed by atoms with Gasteiger partial charge in [-0.3, -0.25) is 0 Å². The van der Waals surface area contributed by atoms with Crippen LogP contribution >= 0.6 is 0 Å². The summed E-state index contributed by atoms with van der Waals surface area (Å²) in [6.45, 7) is 0. The molecule has 0 unspecified atom stereocenters. The van der Waals surface area contributed by atoms with E-state index < -0.39 is 0 Å². The van der Waals surface area contributed by atoms with Gasteiger partial charge in [-0.15, -0.1) is 0 Å². The van der Waals surface area contributed by atoms with Crippen molar-refractivity contribution in [3.63, 3.8) is 0 Å². The normalized spacial score (nSPS) is 18.3. The molecular formula is C14H17. The second-order valence-electron chi connectivity index (χ2n) is 3.14. The highest BCUT2D eigenvalue weighted by Crippen LogP contribution is 1.96. The largest absolute Gasteiger partial charge is 0.0844 e. The Morgan fingerprint density at radius 1 is 0.714 bits per heavy atom. The van der Waals surface area contributed by atoms with Crippen LogP contribution in [0.3, 0.4) is 0 Å². The molecule has 0 aromatic rings. The third-order valence-electron chi connectivity index (χ3n) is 1.91. The Bertz CT molecular complexity index is 234. The van der Waals surface area contributed by atoms with Crippen LogP contribution in [-0.4, -0.2) is 0 Å². The van der Waals surface area contributed by atoms with E-state index in [9.17, 15) is 0 Å². The first kappa shape index (κ1) is 10.8. The number of rotatable bonds is 0. The molecule has 1 aliphatic rings. The van der Waals surface area contributed by atoms with Crippen molar-refractivity contribution in [1.82, 2.24) is 0 Å². The molecule has 0 spiro atoms. The fourth-order valence-electron chi connectivity index (χ4n) is 1.15. The highest BCUT2D eigenvalue weighted by Gasteiger charge is 1.76. The maximum Gasteiger partial charge on any atom is -0.00945 e. The zero-order valence-electron chi connectivity index (χ0n) is 8.52. The van der Waals surface area contributed by atoms with Gasteiger partial charge in [-0.05, 0) is 31.8 Å². The van der Waals surface area contributed by atoms with Crippen LogP contribution in [-0.2, 0) is 0 Å². The molecule has 0 aromatic heterocycles. The maximum atomic E-state index is 3.20. The zero-order valence-corrected chi connectivity index (χ0v) is 8.52. The molecule has 73 valence electrons. The number of hydrogen-bond acceptors (Lipinski definition) is 0. The van der Waals surface area contributed by atoms with Crippen LogP contribution < -0.4 is 0 Å². The summed E-state index contributed by atoms with van der Waals surface area (Å²) in [5, 5.41) is 0. The minimum absolute atomic E-state index is 0.911. The van der Waals surface area contributed by atoms with E-state index in [2.05, 4.69) is 54.7 Å². The predicted molar refractivity (Wildman–Crippen MR) is 62.8 cm³/mol. The highest BCUT2D eigenvalue weighted by molar-refractivity contribution is 5.07. The monoisotopic (exact) mass is 185 g/mol. The molecule has 0 saturated carbocycles. The van der Waals surface area contributed by atoms with Crippen molar-refractivity contribution in [2.75, 3.05) is 0 Å². The van der Waals surface area contributed by atoms with Crippen molar-refractivity contribution >= 4 is 0 Å². The van der Waals surface area contributed by atoms with Crippen LogP contribution in [0.4, 0.5) is 0 Å². The maximum absolute atomic E-state index is 3.20. The zero-order chi connectivity index (χ0) is 9.90. The first-order valence-electron chi connectivity index (χ1n) is 5.18. The van der Waals surface area contributed by atoms with Crippen molar-refractivity contribution in [3.05, 3.63) is 60.8 Å². The van der Waals surface area contributed by atoms with Crippen LogP contribution in [0.25, 0.3) is 0 Å². The molecule has 14 heavy (non-hydrogen) atoms. The van der Waals surface area contributed by atoms with E-state index in [1.54, 1.807) is 0 Å². The van der Waals surface area contributed by atoms with Gasteiger partial charge in [0.2, 0.25) is 0 Å². The van der Waals surface area contributed by atoms with Gasteiger partial charge >= 0.3 is 0 Å². The molecule has 1 radical (unpaired) electrons. The molecular weight excluding hydrogens is 168 g/mol. The van der Waals surface area contributed by atoms with Crippen molar-refractivity contribution in [1.29, 1.82) is 0 Å². The van der Waals surface area contributed by atoms with Gasteiger partial charge in [0, 0.05) is 0 Å². The Hall–Kier alpha value is -1.30. The van der Waals surface area contributed by atoms with E-state index in [-0.39, 0.29) is 0 Å². The molecule has 1 aliphatic carbocycles. The molecule has 0 heteroatoms. The highest BCUT2D eigenvalue weighted by atomic mass is 13.8. The summed E-state index contributed by atoms with van der Waals surface area (Å²) in [6.07, 6.45) is 26.5. The SMILES string of the molecule is [C]1=CC=CCCC=CC=CCC=CC1. The average molecular weight is 185 g/mol. The topological polar surface area (TPSA) is 0 Å². The van der Waals surface area contributed by atoms with Crippen LogP contribution in [0.15, 0.2) is 54.7 Å². The van der Waals surface area contributed by atoms with E-state index in [1.807, 2.05) is 6.08 Å². The molecule has 1 rings (SSSR count). The van der Waals surface area contributed by atoms with E-state index in [1.165, 1.54) is 0 Å². The van der Waals surface area contributed by atoms with Crippen molar-refractivity contribution in [2.24, 2.45) is 0 Å². The Morgan fingerprint density at radius 2 is 1.50 bits per heavy atom. The van der Waals surface area contributed by atoms with Crippen LogP contribution in [0.5, 0.6) is 0 Å². The average Bonchev–Trinajstić information content (AvgIpc) is 2.22. The minimum atomic E-state index is 0.911. The lowest BCUT2D eigenvalue weighted by molar-refractivity contribution is 1.05. The Morgan fingerprint density at radius 3 is 2.43 bits per heavy atom. The summed E-state index contributed by atoms with van der Waals surface area (Å²) < 4.78 is 0. The van der Waals surface area contributed by atoms with E-state index in [4.69, 9.17) is 0 Å². The van der Waals surface area contributed by atoms with Gasteiger partial charge in [0.25, 0.3) is 0 Å². The summed E-state index contributed by atoms with van der Waals surface area (Å²) in [7, 11) is 0. The lowest BCUT2D eigenvalue weighted by Crippen LogP contribution is -1.66. The first-order valence-corrected chi connectivity index (χ1v) is 5.18. The van der Waals surface area contributed by atoms with Gasteiger partial charge in [0.15, 0.2) is 0 Å². The van der Waals surface area contributed by atoms with Crippen molar-refractivity contribution in [2.45, 2.75) is 25.7 Å². The second kappa shape index (κ2) is 8.31. The lowest BCUT2D eigenvalue weighted by Gasteiger charge is -1.86. The fraction of sp³-hybridized carbons (Fsp3) is 0.286. The molecule has 0 fully saturated rings. The number of allylic oxidation sites excluding steroid dienone is 10. The minimum Gasteiger partial charge on any atom is -0.0844 e. The van der Waals surface area contributed by atoms with Crippen LogP contribution in [0, 0.1) is 6.08 Å². The van der Waals surface area contributed by atoms with Gasteiger partial charge in [-0.1, -0.05) is 54.7 Å². The molecule has 0 atom stereocenters. The second-order valence-corrected chi connectivity index (χ2v) is 3.14. The Kier molecular flexibility index (Phi) is 6.39. The van der Waals surface area contributed by atoms with Gasteiger partial charge in [-0.2, -0.15) is 0 Å². The summed E-state index contributed by atoms with van der Waals surface area (Å²) in [5.74, 6) is 0. The van der Waals surface area contributed by atoms with Gasteiger partial charge in [0.1, 0.15) is 0 Å². The van der Waals surface area contributed by atoms with Gasteiger partial charge < -0.3 is 0 Å². The van der Waals surface area contributed by atoms with Gasteiger partial charge in [0.05, 0.1) is 0 Å². The van der Waals surface area contributed by atoms with E-state index in [0.717, 1.165) is 25.7 Å². The summed E-state index contributed by atoms with van der Waals surface area (Å²) in [5.41, 5.74) is 0. The van der Waals surface area contributed by atoms with Crippen molar-refractivity contribution < 1.29 is 0 Å². The lowest BCUT2D eigenvalue weighted by atomic mass is 10.2. The number of hydrogen-bond donors (Lipinski definition) is 0. The molecule has 0 amide bonds. The summed E-state index contributed by atoms with van der Waals surface area (Å²) in [4.78, 5) is 0. The molecule has 0 N–H and O–H groups in total. The molecule has 0 bridgehead atoms. The van der Waals surface area contributed by atoms with Gasteiger partial charge in [-0.25, -0.2) is 0 Å². The third kappa shape index (κ3) is 6.24. The molecule has 0 aliphatic heterocycles. The summed E-state index contributed by atoms with van der Waals surface area (Å²) >= 11 is 0. The quantitative estimate of drug-likeness (QED) is 0.497. The molecule has 0 heterocycles. The smallest absolute Gasteiger partial charge is 0.00945 e. The first-order chi connectivity index (χ1) is 7.00. The van der Waals surface area contributed by atoms with Crippen LogP contribution in [0.2, 0.25) is 0 Å². The third-order valence-corrected chi connectivity index (χ3v) is 1.91. The van der Waals surface area contributed by atoms with E-state index in [0.29, 0.717) is 0 Å². The molecule has 0 aromatic carbocycles. The van der Waals surface area contributed by atoms with E-state index >= 15 is 0 Å². The predicted octanol–water partition coefficient (Wildman–Crippen LogP) is 4.14. The molecule has 0 saturated heterocycles. The summed E-state index contributed by atoms with van der Waals surface area (Å²) in [6, 6.07) is 0. The fourth-order valence-corrected chi connectivity index (χ4v) is 1.15.